The molecule has 1 nitrogen and oxygen atoms in total. The fourth-order valence-electron chi connectivity index (χ4n) is 0.0934. The molecule has 0 saturated heterocycles. The van der Waals surface area contributed by atoms with Crippen LogP contribution < -0.4 is 0 Å². The number of rotatable bonds is 0. The molecular formula is C3H4BOP. The molecule has 0 radical (unpaired) electrons. The second-order valence-electron chi connectivity index (χ2n) is 0.606. The molecule has 0 amide bonds. The quantitative estimate of drug-likeness (QED) is 0.264. The Balaban J connectivity index is 3.24. The van der Waals surface area contributed by atoms with Crippen LogP contribution in [0.3, 0.4) is 0 Å². The molecule has 3 heteroatoms. The van der Waals surface area contributed by atoms with Crippen LogP contribution in [0.5, 0.6) is 0 Å². The van der Waals surface area contributed by atoms with Crippen molar-refractivity contribution >= 4 is 14.9 Å². The summed E-state index contributed by atoms with van der Waals surface area (Å²) < 4.78 is 0. The molecule has 0 unspecified atom stereocenters. The van der Waals surface area contributed by atoms with E-state index in [1.807, 2.05) is 0 Å². The molecule has 0 spiro atoms. The summed E-state index contributed by atoms with van der Waals surface area (Å²) in [6, 6.07) is 0. The first-order valence-corrected chi connectivity index (χ1v) is 2.45. The SMILES string of the molecule is CC#CP=BO. The van der Waals surface area contributed by atoms with Gasteiger partial charge in [-0.2, -0.15) is 0 Å². The van der Waals surface area contributed by atoms with E-state index in [9.17, 15) is 0 Å². The van der Waals surface area contributed by atoms with E-state index < -0.39 is 0 Å². The zero-order chi connectivity index (χ0) is 4.83. The van der Waals surface area contributed by atoms with Gasteiger partial charge in [0.1, 0.15) is 0 Å². The first-order valence-electron chi connectivity index (χ1n) is 1.49. The summed E-state index contributed by atoms with van der Waals surface area (Å²) in [6.45, 7) is 2.74. The molecule has 1 N–H and O–H groups in total. The standard InChI is InChI=1S/C3H4BOP/c1-2-3-6-4-5/h5H,1H3. The van der Waals surface area contributed by atoms with E-state index >= 15 is 0 Å². The Kier molecular flexibility index (Phi) is 4.79. The van der Waals surface area contributed by atoms with Crippen LogP contribution in [0.25, 0.3) is 0 Å². The Bertz CT molecular complexity index is 99.1. The molecule has 0 aromatic carbocycles. The Morgan fingerprint density at radius 1 is 1.83 bits per heavy atom. The molecule has 0 aliphatic rings. The fraction of sp³-hybridized carbons (Fsp3) is 0.333. The van der Waals surface area contributed by atoms with Gasteiger partial charge in [-0.3, -0.25) is 0 Å². The topological polar surface area (TPSA) is 20.2 Å². The van der Waals surface area contributed by atoms with Crippen molar-refractivity contribution in [3.63, 3.8) is 0 Å². The third kappa shape index (κ3) is 3.88. The average Bonchev–Trinajstić information content (AvgIpc) is 1.61. The summed E-state index contributed by atoms with van der Waals surface area (Å²) in [6.07, 6.45) is 0. The van der Waals surface area contributed by atoms with Crippen molar-refractivity contribution in [3.05, 3.63) is 0 Å². The molecule has 0 aliphatic heterocycles. The van der Waals surface area contributed by atoms with Crippen molar-refractivity contribution in [1.29, 1.82) is 0 Å². The molecule has 0 saturated carbocycles. The second-order valence-corrected chi connectivity index (χ2v) is 1.32. The molecule has 0 rings (SSSR count). The maximum absolute atomic E-state index is 7.96. The third-order valence-corrected chi connectivity index (χ3v) is 0.702. The van der Waals surface area contributed by atoms with Crippen LogP contribution in [0.2, 0.25) is 0 Å². The van der Waals surface area contributed by atoms with Crippen LogP contribution in [0.1, 0.15) is 6.92 Å². The first-order chi connectivity index (χ1) is 2.91. The maximum atomic E-state index is 7.96. The summed E-state index contributed by atoms with van der Waals surface area (Å²) in [5, 5.41) is 7.96. The molecule has 6 heavy (non-hydrogen) atoms. The van der Waals surface area contributed by atoms with Gasteiger partial charge >= 0.3 is 38.4 Å². The molecule has 0 atom stereocenters. The molecule has 0 fully saturated rings. The van der Waals surface area contributed by atoms with E-state index in [0.717, 1.165) is 6.82 Å². The number of hydrogen-bond donors (Lipinski definition) is 1. The third-order valence-electron chi connectivity index (χ3n) is 0.234. The Morgan fingerprint density at radius 2 is 2.50 bits per heavy atom. The van der Waals surface area contributed by atoms with Gasteiger partial charge in [-0.05, 0) is 0 Å². The van der Waals surface area contributed by atoms with Crippen molar-refractivity contribution in [1.82, 2.24) is 0 Å². The van der Waals surface area contributed by atoms with Gasteiger partial charge in [-0.25, -0.2) is 0 Å². The van der Waals surface area contributed by atoms with Crippen LogP contribution in [-0.4, -0.2) is 11.8 Å². The van der Waals surface area contributed by atoms with Crippen molar-refractivity contribution in [2.24, 2.45) is 0 Å². The van der Waals surface area contributed by atoms with E-state index in [1.165, 1.54) is 0 Å². The van der Waals surface area contributed by atoms with Crippen LogP contribution in [0.15, 0.2) is 0 Å². The van der Waals surface area contributed by atoms with E-state index in [1.54, 1.807) is 6.92 Å². The van der Waals surface area contributed by atoms with Gasteiger partial charge in [0.05, 0.1) is 0 Å². The molecule has 0 bridgehead atoms. The zero-order valence-corrected chi connectivity index (χ0v) is 4.37. The molecular weight excluding hydrogens is 93.8 g/mol. The Hall–Kier alpha value is -0.115. The van der Waals surface area contributed by atoms with Gasteiger partial charge in [-0.15, -0.1) is 0 Å². The summed E-state index contributed by atoms with van der Waals surface area (Å²) in [5.74, 6) is 2.62. The molecule has 30 valence electrons. The van der Waals surface area contributed by atoms with Crippen molar-refractivity contribution < 1.29 is 5.02 Å². The van der Waals surface area contributed by atoms with Gasteiger partial charge in [-0.1, -0.05) is 0 Å². The summed E-state index contributed by atoms with van der Waals surface area (Å²) in [5.41, 5.74) is 2.61. The first kappa shape index (κ1) is 5.88. The average molecular weight is 97.8 g/mol. The van der Waals surface area contributed by atoms with E-state index in [4.69, 9.17) is 5.02 Å². The van der Waals surface area contributed by atoms with Gasteiger partial charge in [0.15, 0.2) is 0 Å². The van der Waals surface area contributed by atoms with Gasteiger partial charge < -0.3 is 0 Å². The Morgan fingerprint density at radius 3 is 2.67 bits per heavy atom. The van der Waals surface area contributed by atoms with E-state index in [2.05, 4.69) is 11.6 Å². The Labute approximate surface area is 39.4 Å². The van der Waals surface area contributed by atoms with E-state index in [0.29, 0.717) is 8.07 Å². The monoisotopic (exact) mass is 98.0 g/mol. The van der Waals surface area contributed by atoms with Gasteiger partial charge in [0, 0.05) is 0 Å². The number of hydrogen-bond acceptors (Lipinski definition) is 0. The van der Waals surface area contributed by atoms with Crippen molar-refractivity contribution in [3.8, 4) is 11.6 Å². The van der Waals surface area contributed by atoms with Crippen molar-refractivity contribution in [2.45, 2.75) is 6.92 Å². The van der Waals surface area contributed by atoms with Gasteiger partial charge in [0.25, 0.3) is 0 Å². The molecule has 0 aromatic rings. The normalized spacial score (nSPS) is 6.33. The summed E-state index contributed by atoms with van der Waals surface area (Å²) in [7, 11) is 0.681. The second kappa shape index (κ2) is 4.88. The molecule has 0 aliphatic carbocycles. The van der Waals surface area contributed by atoms with Crippen LogP contribution in [0, 0.1) is 11.6 Å². The van der Waals surface area contributed by atoms with Crippen LogP contribution in [-0.2, 0) is 0 Å². The zero-order valence-electron chi connectivity index (χ0n) is 3.47. The summed E-state index contributed by atoms with van der Waals surface area (Å²) >= 11 is 0. The minimum absolute atomic E-state index is 0.681. The fourth-order valence-corrected chi connectivity index (χ4v) is 0.280. The molecule has 0 aromatic heterocycles. The summed E-state index contributed by atoms with van der Waals surface area (Å²) in [4.78, 5) is 0. The predicted molar refractivity (Wildman–Crippen MR) is 28.3 cm³/mol. The minimum atomic E-state index is 0.681. The molecule has 0 heterocycles. The van der Waals surface area contributed by atoms with Crippen molar-refractivity contribution in [2.75, 3.05) is 0 Å². The van der Waals surface area contributed by atoms with Crippen LogP contribution in [0.4, 0.5) is 0 Å². The predicted octanol–water partition coefficient (Wildman–Crippen LogP) is 0.440. The van der Waals surface area contributed by atoms with E-state index in [-0.39, 0.29) is 0 Å². The van der Waals surface area contributed by atoms with Crippen LogP contribution >= 0.6 is 8.07 Å². The van der Waals surface area contributed by atoms with Gasteiger partial charge in [0.2, 0.25) is 0 Å².